The average Bonchev–Trinajstić information content (AvgIpc) is 0.777. The fourth-order valence-corrected chi connectivity index (χ4v) is 18.5. The van der Waals surface area contributed by atoms with E-state index in [0.29, 0.717) is 73.8 Å². The van der Waals surface area contributed by atoms with Crippen molar-refractivity contribution in [1.29, 1.82) is 0 Å². The molecule has 0 saturated carbocycles. The second-order valence-corrected chi connectivity index (χ2v) is 43.4. The van der Waals surface area contributed by atoms with Crippen molar-refractivity contribution < 1.29 is 94.9 Å². The Morgan fingerprint density at radius 1 is 0.325 bits per heavy atom. The Bertz CT molecular complexity index is 2440. The second kappa shape index (κ2) is 69.6. The van der Waals surface area contributed by atoms with Gasteiger partial charge in [0.2, 0.25) is 0 Å². The van der Waals surface area contributed by atoms with Gasteiger partial charge in [0, 0.05) is 26.4 Å². The van der Waals surface area contributed by atoms with Crippen molar-refractivity contribution in [1.82, 2.24) is 0 Å². The van der Waals surface area contributed by atoms with Gasteiger partial charge in [0.15, 0.2) is 18.7 Å². The van der Waals surface area contributed by atoms with Crippen LogP contribution in [0, 0.1) is 94.7 Å². The first-order valence-corrected chi connectivity index (χ1v) is 52.2. The van der Waals surface area contributed by atoms with Crippen LogP contribution in [0.3, 0.4) is 0 Å². The fourth-order valence-electron chi connectivity index (χ4n) is 17.3. The van der Waals surface area contributed by atoms with E-state index in [1.807, 2.05) is 0 Å². The van der Waals surface area contributed by atoms with Gasteiger partial charge in [-0.2, -0.15) is 4.21 Å². The number of phosphoric acid groups is 1. The molecule has 120 heavy (non-hydrogen) atoms. The van der Waals surface area contributed by atoms with Crippen molar-refractivity contribution in [3.8, 4) is 0 Å². The fraction of sp³-hybridized carbons (Fsp3) is 1.00. The molecule has 2 aliphatic rings. The standard InChI is InChI=1S/C98H195O20PS/c1-71(2)33-21-37-75(9)41-25-45-79(13)49-29-53-83(17)57-61-108-66-87(110-63-59-85(19)55-31-51-81(15)47-27-43-77(11)39-23-35-73(5)6)68-112-97-95(117-98-96(118-120(106)107)94(103)91(100)89(65-99)115-98)93(102)92(101)90(116-97)70-114-119(104,105)113-69-88(111-64-60-86(20)56-32-52-82(16)48-28-44-78(12)40-24-36-74(7)8)67-109-62-58-84(18)54-30-50-80(14)46-26-42-76(10)38-22-34-72(3)4/h71-103H,21-70H2,1-20H3,(H,104,105)(H,106,107)/t75?,76?,77?,78?,79?,80?,81?,82?,83?,84?,85?,86?,87?,88?,89-,90-,91-,92-,93+,94+,95-,96+,97+,98?/m1/s1. The van der Waals surface area contributed by atoms with E-state index in [1.165, 1.54) is 186 Å². The highest BCUT2D eigenvalue weighted by molar-refractivity contribution is 7.74. The lowest BCUT2D eigenvalue weighted by Gasteiger charge is -2.46. The van der Waals surface area contributed by atoms with Crippen LogP contribution in [-0.2, 0) is 67.1 Å². The van der Waals surface area contributed by atoms with Crippen LogP contribution in [0.2, 0.25) is 0 Å². The molecule has 20 nitrogen and oxygen atoms in total. The maximum atomic E-state index is 14.1. The van der Waals surface area contributed by atoms with Crippen molar-refractivity contribution in [2.24, 2.45) is 94.7 Å². The Morgan fingerprint density at radius 3 is 0.892 bits per heavy atom. The van der Waals surface area contributed by atoms with Crippen LogP contribution in [0.15, 0.2) is 0 Å². The molecule has 22 heteroatoms. The zero-order valence-electron chi connectivity index (χ0n) is 80.8. The molecule has 2 saturated heterocycles. The normalized spacial score (nSPS) is 24.5. The topological polar surface area (TPSA) is 277 Å². The second-order valence-electron chi connectivity index (χ2n) is 41.3. The summed E-state index contributed by atoms with van der Waals surface area (Å²) in [4.78, 5) is 11.5. The summed E-state index contributed by atoms with van der Waals surface area (Å²) >= 11 is -3.04. The minimum Gasteiger partial charge on any atom is -0.394 e. The molecular weight excluding hydrogens is 1560 g/mol. The van der Waals surface area contributed by atoms with Crippen LogP contribution in [-0.4, -0.2) is 179 Å². The molecule has 0 amide bonds. The van der Waals surface area contributed by atoms with Gasteiger partial charge in [-0.25, -0.2) is 4.57 Å². The maximum Gasteiger partial charge on any atom is 0.472 e. The van der Waals surface area contributed by atoms with E-state index < -0.39 is 106 Å². The van der Waals surface area contributed by atoms with Crippen LogP contribution in [0.1, 0.15) is 395 Å². The van der Waals surface area contributed by atoms with Crippen molar-refractivity contribution in [2.45, 2.75) is 469 Å². The van der Waals surface area contributed by atoms with Gasteiger partial charge < -0.3 is 68.3 Å². The molecule has 26 atom stereocenters. The molecule has 0 aromatic carbocycles. The lowest BCUT2D eigenvalue weighted by molar-refractivity contribution is -0.366. The van der Waals surface area contributed by atoms with E-state index in [0.717, 1.165) is 118 Å². The molecule has 718 valence electrons. The molecule has 0 spiro atoms. The first-order valence-electron chi connectivity index (χ1n) is 49.7. The number of aliphatic hydroxyl groups excluding tert-OH is 5. The number of hydrogen-bond donors (Lipinski definition) is 7. The predicted molar refractivity (Wildman–Crippen MR) is 492 cm³/mol. The highest BCUT2D eigenvalue weighted by atomic mass is 32.2. The number of phosphoric ester groups is 1. The predicted octanol–water partition coefficient (Wildman–Crippen LogP) is 23.6. The summed E-state index contributed by atoms with van der Waals surface area (Å²) in [5, 5.41) is 56.4. The van der Waals surface area contributed by atoms with Gasteiger partial charge in [0.1, 0.15) is 54.9 Å². The molecule has 7 N–H and O–H groups in total. The third-order valence-corrected chi connectivity index (χ3v) is 27.7. The molecule has 0 radical (unpaired) electrons. The van der Waals surface area contributed by atoms with Gasteiger partial charge in [-0.1, -0.05) is 370 Å². The minimum absolute atomic E-state index is 0.114. The van der Waals surface area contributed by atoms with Gasteiger partial charge in [0.05, 0.1) is 39.6 Å². The monoisotopic (exact) mass is 1760 g/mol. The number of aliphatic hydroxyl groups is 5. The van der Waals surface area contributed by atoms with Crippen LogP contribution >= 0.6 is 7.82 Å². The third kappa shape index (κ3) is 59.1. The van der Waals surface area contributed by atoms with E-state index in [-0.39, 0.29) is 26.4 Å². The summed E-state index contributed by atoms with van der Waals surface area (Å²) in [6, 6.07) is 0. The molecule has 2 heterocycles. The third-order valence-electron chi connectivity index (χ3n) is 26.3. The summed E-state index contributed by atoms with van der Waals surface area (Å²) in [7, 11) is -4.97. The lowest BCUT2D eigenvalue weighted by Crippen LogP contribution is -2.65. The molecular formula is C98H195O20PS. The quantitative estimate of drug-likeness (QED) is 0.0169. The Labute approximate surface area is 739 Å². The number of ether oxygens (including phenoxy) is 8. The Morgan fingerprint density at radius 2 is 0.592 bits per heavy atom. The minimum atomic E-state index is -4.97. The van der Waals surface area contributed by atoms with Crippen LogP contribution in [0.25, 0.3) is 0 Å². The Hall–Kier alpha value is -0.340. The molecule has 2 rings (SSSR count). The lowest BCUT2D eigenvalue weighted by atomic mass is 9.91. The van der Waals surface area contributed by atoms with Crippen molar-refractivity contribution in [2.75, 3.05) is 66.1 Å². The van der Waals surface area contributed by atoms with Crippen molar-refractivity contribution in [3.05, 3.63) is 0 Å². The first kappa shape index (κ1) is 116. The zero-order valence-corrected chi connectivity index (χ0v) is 82.5. The van der Waals surface area contributed by atoms with Crippen LogP contribution < -0.4 is 0 Å². The summed E-state index contributed by atoms with van der Waals surface area (Å²) in [6.45, 7) is 46.4. The van der Waals surface area contributed by atoms with Gasteiger partial charge >= 0.3 is 19.2 Å². The van der Waals surface area contributed by atoms with E-state index in [9.17, 15) is 43.8 Å². The van der Waals surface area contributed by atoms with Gasteiger partial charge in [0.25, 0.3) is 0 Å². The van der Waals surface area contributed by atoms with Crippen molar-refractivity contribution >= 4 is 19.2 Å². The number of hydrogen-bond acceptors (Lipinski definition) is 18. The largest absolute Gasteiger partial charge is 0.472 e. The van der Waals surface area contributed by atoms with E-state index >= 15 is 0 Å². The molecule has 2 aliphatic heterocycles. The smallest absolute Gasteiger partial charge is 0.394 e. The summed E-state index contributed by atoms with van der Waals surface area (Å²) < 4.78 is 103. The summed E-state index contributed by atoms with van der Waals surface area (Å²) in [6.07, 6.45) is 28.7. The van der Waals surface area contributed by atoms with Crippen molar-refractivity contribution in [3.63, 3.8) is 0 Å². The van der Waals surface area contributed by atoms with E-state index in [4.69, 9.17) is 51.1 Å². The molecule has 2 fully saturated rings. The van der Waals surface area contributed by atoms with Crippen LogP contribution in [0.5, 0.6) is 0 Å². The molecule has 0 aliphatic carbocycles. The summed E-state index contributed by atoms with van der Waals surface area (Å²) in [5.74, 6) is 10.5. The highest BCUT2D eigenvalue weighted by Crippen LogP contribution is 2.45. The molecule has 0 aromatic heterocycles. The van der Waals surface area contributed by atoms with E-state index in [1.54, 1.807) is 0 Å². The number of rotatable bonds is 80. The Balaban J connectivity index is 2.35. The maximum absolute atomic E-state index is 14.1. The molecule has 0 bridgehead atoms. The van der Waals surface area contributed by atoms with Gasteiger partial charge in [-0.3, -0.25) is 17.8 Å². The van der Waals surface area contributed by atoms with E-state index in [2.05, 4.69) is 138 Å². The SMILES string of the molecule is CC(C)CCCC(C)CCCC(C)CCCC(C)CCOCC(CO[C@H]1O[C@H](COP(=O)(O)OCC(COCCC(C)CCCC(C)CCCC(C)CCCC(C)C)OCCC(C)CCCC(C)CCCC(C)CCCC(C)C)[C@@H](O)[C@H](O)[C@H]1OC1O[C@H](CO)[C@@H](O)[C@H](O)[C@@H]1OS(=O)O)OCCC(C)CCCC(C)CCCC(C)CCCC(C)C. The zero-order chi connectivity index (χ0) is 89.4. The first-order chi connectivity index (χ1) is 57.0. The van der Waals surface area contributed by atoms with Gasteiger partial charge in [-0.15, -0.1) is 0 Å². The highest BCUT2D eigenvalue weighted by Gasteiger charge is 2.53. The van der Waals surface area contributed by atoms with Gasteiger partial charge in [-0.05, 0) is 120 Å². The molecule has 17 unspecified atom stereocenters. The molecule has 0 aromatic rings. The Kier molecular flexibility index (Phi) is 67.1. The summed E-state index contributed by atoms with van der Waals surface area (Å²) in [5.41, 5.74) is 0. The average molecular weight is 1760 g/mol. The van der Waals surface area contributed by atoms with Crippen LogP contribution in [0.4, 0.5) is 0 Å².